The number of nitrogens with one attached hydrogen (secondary N) is 1. The number of anilines is 1. The van der Waals surface area contributed by atoms with E-state index in [4.69, 9.17) is 5.73 Å². The zero-order chi connectivity index (χ0) is 10.6. The zero-order valence-corrected chi connectivity index (χ0v) is 10.5. The Morgan fingerprint density at radius 1 is 1.57 bits per heavy atom. The van der Waals surface area contributed by atoms with Crippen LogP contribution in [-0.4, -0.2) is 22.6 Å². The first kappa shape index (κ1) is 11.6. The van der Waals surface area contributed by atoms with E-state index in [0.29, 0.717) is 12.5 Å². The Bertz CT molecular complexity index is 290. The van der Waals surface area contributed by atoms with E-state index in [-0.39, 0.29) is 6.04 Å². The van der Waals surface area contributed by atoms with Crippen LogP contribution >= 0.6 is 22.6 Å². The number of rotatable bonds is 4. The van der Waals surface area contributed by atoms with Crippen molar-refractivity contribution in [3.63, 3.8) is 0 Å². The highest BCUT2D eigenvalue weighted by molar-refractivity contribution is 14.1. The molecule has 0 aliphatic rings. The smallest absolute Gasteiger partial charge is 0.143 e. The second-order valence-electron chi connectivity index (χ2n) is 3.45. The summed E-state index contributed by atoms with van der Waals surface area (Å²) >= 11 is 2.21. The van der Waals surface area contributed by atoms with E-state index in [1.807, 2.05) is 0 Å². The molecule has 0 aliphatic heterocycles. The van der Waals surface area contributed by atoms with E-state index in [9.17, 15) is 0 Å². The van der Waals surface area contributed by atoms with Gasteiger partial charge in [-0.05, 0) is 28.5 Å². The molecule has 0 amide bonds. The first-order valence-corrected chi connectivity index (χ1v) is 5.65. The Morgan fingerprint density at radius 3 is 2.79 bits per heavy atom. The molecule has 0 spiro atoms. The van der Waals surface area contributed by atoms with Gasteiger partial charge in [0.2, 0.25) is 0 Å². The Labute approximate surface area is 97.8 Å². The number of nitrogens with two attached hydrogens (primary N) is 1. The van der Waals surface area contributed by atoms with Crippen molar-refractivity contribution in [1.29, 1.82) is 0 Å². The molecule has 0 bridgehead atoms. The van der Waals surface area contributed by atoms with Crippen LogP contribution in [0.5, 0.6) is 0 Å². The van der Waals surface area contributed by atoms with E-state index in [1.54, 1.807) is 12.5 Å². The summed E-state index contributed by atoms with van der Waals surface area (Å²) in [6.07, 6.45) is 3.32. The third kappa shape index (κ3) is 3.06. The number of nitrogens with zero attached hydrogens (tertiary/aromatic N) is 2. The lowest BCUT2D eigenvalue weighted by molar-refractivity contribution is 0.529. The van der Waals surface area contributed by atoms with Gasteiger partial charge in [0, 0.05) is 18.8 Å². The van der Waals surface area contributed by atoms with Gasteiger partial charge in [0.25, 0.3) is 0 Å². The highest BCUT2D eigenvalue weighted by atomic mass is 127. The number of hydrogen-bond acceptors (Lipinski definition) is 4. The van der Waals surface area contributed by atoms with Gasteiger partial charge in [0.05, 0.1) is 3.57 Å². The predicted octanol–water partition coefficient (Wildman–Crippen LogP) is 1.48. The van der Waals surface area contributed by atoms with Gasteiger partial charge in [-0.3, -0.25) is 0 Å². The van der Waals surface area contributed by atoms with E-state index in [2.05, 4.69) is 51.7 Å². The van der Waals surface area contributed by atoms with Crippen LogP contribution in [0.1, 0.15) is 13.8 Å². The fourth-order valence-corrected chi connectivity index (χ4v) is 1.55. The maximum absolute atomic E-state index is 5.66. The van der Waals surface area contributed by atoms with Crippen molar-refractivity contribution in [3.05, 3.63) is 16.1 Å². The lowest BCUT2D eigenvalue weighted by Crippen LogP contribution is -2.34. The van der Waals surface area contributed by atoms with Crippen LogP contribution in [0.3, 0.4) is 0 Å². The molecule has 0 radical (unpaired) electrons. The third-order valence-corrected chi connectivity index (χ3v) is 2.84. The largest absolute Gasteiger partial charge is 0.365 e. The SMILES string of the molecule is CC(C)C(CN)Nc1ncncc1I. The summed E-state index contributed by atoms with van der Waals surface area (Å²) in [5, 5.41) is 3.31. The molecule has 1 aromatic rings. The van der Waals surface area contributed by atoms with E-state index in [1.165, 1.54) is 0 Å². The fraction of sp³-hybridized carbons (Fsp3) is 0.556. The molecule has 78 valence electrons. The van der Waals surface area contributed by atoms with Crippen molar-refractivity contribution in [1.82, 2.24) is 9.97 Å². The third-order valence-electron chi connectivity index (χ3n) is 2.05. The summed E-state index contributed by atoms with van der Waals surface area (Å²) in [7, 11) is 0. The average Bonchev–Trinajstić information content (AvgIpc) is 2.16. The van der Waals surface area contributed by atoms with Crippen molar-refractivity contribution >= 4 is 28.4 Å². The first-order chi connectivity index (χ1) is 6.65. The summed E-state index contributed by atoms with van der Waals surface area (Å²) in [5.41, 5.74) is 5.66. The van der Waals surface area contributed by atoms with Crippen LogP contribution in [0.4, 0.5) is 5.82 Å². The molecule has 1 aromatic heterocycles. The quantitative estimate of drug-likeness (QED) is 0.827. The maximum atomic E-state index is 5.66. The normalized spacial score (nSPS) is 12.9. The molecule has 1 atom stereocenters. The Balaban J connectivity index is 2.72. The van der Waals surface area contributed by atoms with Crippen molar-refractivity contribution in [3.8, 4) is 0 Å². The van der Waals surface area contributed by atoms with Gasteiger partial charge in [-0.1, -0.05) is 13.8 Å². The molecule has 0 aromatic carbocycles. The molecule has 3 N–H and O–H groups in total. The first-order valence-electron chi connectivity index (χ1n) is 4.57. The summed E-state index contributed by atoms with van der Waals surface area (Å²) in [6, 6.07) is 0.262. The minimum absolute atomic E-state index is 0.262. The van der Waals surface area contributed by atoms with Crippen LogP contribution in [0.15, 0.2) is 12.5 Å². The lowest BCUT2D eigenvalue weighted by atomic mass is 10.1. The summed E-state index contributed by atoms with van der Waals surface area (Å²) in [6.45, 7) is 4.88. The summed E-state index contributed by atoms with van der Waals surface area (Å²) in [5.74, 6) is 1.36. The molecular weight excluding hydrogens is 291 g/mol. The number of hydrogen-bond donors (Lipinski definition) is 2. The number of aromatic nitrogens is 2. The van der Waals surface area contributed by atoms with Gasteiger partial charge in [0.15, 0.2) is 0 Å². The van der Waals surface area contributed by atoms with Crippen molar-refractivity contribution < 1.29 is 0 Å². The number of halogens is 1. The molecule has 0 saturated carbocycles. The molecule has 1 rings (SSSR count). The summed E-state index contributed by atoms with van der Waals surface area (Å²) < 4.78 is 1.02. The van der Waals surface area contributed by atoms with Gasteiger partial charge in [0.1, 0.15) is 12.1 Å². The van der Waals surface area contributed by atoms with Gasteiger partial charge in [-0.2, -0.15) is 0 Å². The average molecular weight is 306 g/mol. The molecule has 0 saturated heterocycles. The molecule has 4 nitrogen and oxygen atoms in total. The predicted molar refractivity (Wildman–Crippen MR) is 66.1 cm³/mol. The van der Waals surface area contributed by atoms with Gasteiger partial charge in [-0.15, -0.1) is 0 Å². The molecule has 1 unspecified atom stereocenters. The van der Waals surface area contributed by atoms with Crippen LogP contribution in [-0.2, 0) is 0 Å². The Kier molecular flexibility index (Phi) is 4.53. The minimum Gasteiger partial charge on any atom is -0.365 e. The second-order valence-corrected chi connectivity index (χ2v) is 4.61. The molecule has 0 fully saturated rings. The van der Waals surface area contributed by atoms with Gasteiger partial charge in [-0.25, -0.2) is 9.97 Å². The highest BCUT2D eigenvalue weighted by Crippen LogP contribution is 2.15. The Hall–Kier alpha value is -0.430. The molecule has 5 heteroatoms. The van der Waals surface area contributed by atoms with Gasteiger partial charge >= 0.3 is 0 Å². The van der Waals surface area contributed by atoms with Crippen LogP contribution in [0.25, 0.3) is 0 Å². The molecule has 0 aliphatic carbocycles. The van der Waals surface area contributed by atoms with Crippen LogP contribution < -0.4 is 11.1 Å². The van der Waals surface area contributed by atoms with Crippen molar-refractivity contribution in [2.75, 3.05) is 11.9 Å². The molecular formula is C9H15IN4. The lowest BCUT2D eigenvalue weighted by Gasteiger charge is -2.21. The second kappa shape index (κ2) is 5.45. The van der Waals surface area contributed by atoms with Crippen molar-refractivity contribution in [2.24, 2.45) is 11.7 Å². The minimum atomic E-state index is 0.262. The summed E-state index contributed by atoms with van der Waals surface area (Å²) in [4.78, 5) is 8.10. The monoisotopic (exact) mass is 306 g/mol. The Morgan fingerprint density at radius 2 is 2.29 bits per heavy atom. The van der Waals surface area contributed by atoms with Crippen LogP contribution in [0.2, 0.25) is 0 Å². The molecule has 1 heterocycles. The van der Waals surface area contributed by atoms with Crippen molar-refractivity contribution in [2.45, 2.75) is 19.9 Å². The van der Waals surface area contributed by atoms with E-state index >= 15 is 0 Å². The highest BCUT2D eigenvalue weighted by Gasteiger charge is 2.12. The van der Waals surface area contributed by atoms with E-state index < -0.39 is 0 Å². The van der Waals surface area contributed by atoms with E-state index in [0.717, 1.165) is 9.39 Å². The topological polar surface area (TPSA) is 63.8 Å². The standard InChI is InChI=1S/C9H15IN4/c1-6(2)8(3-11)14-9-7(10)4-12-5-13-9/h4-6,8H,3,11H2,1-2H3,(H,12,13,14). The molecule has 14 heavy (non-hydrogen) atoms. The van der Waals surface area contributed by atoms with Gasteiger partial charge < -0.3 is 11.1 Å². The zero-order valence-electron chi connectivity index (χ0n) is 8.37. The fourth-order valence-electron chi connectivity index (χ4n) is 1.09. The van der Waals surface area contributed by atoms with Crippen LogP contribution in [0, 0.1) is 9.49 Å². The maximum Gasteiger partial charge on any atom is 0.143 e.